The van der Waals surface area contributed by atoms with E-state index >= 15 is 0 Å². The molecule has 2 aromatic carbocycles. The molecule has 0 aliphatic rings. The molecule has 0 saturated carbocycles. The highest BCUT2D eigenvalue weighted by molar-refractivity contribution is 5.23. The predicted molar refractivity (Wildman–Crippen MR) is 82.1 cm³/mol. The molecule has 0 fully saturated rings. The molecule has 1 nitrogen and oxygen atoms in total. The van der Waals surface area contributed by atoms with Crippen molar-refractivity contribution in [3.8, 4) is 0 Å². The zero-order valence-electron chi connectivity index (χ0n) is 12.4. The van der Waals surface area contributed by atoms with Gasteiger partial charge in [0, 0.05) is 17.6 Å². The minimum Gasteiger partial charge on any atom is -0.307 e. The molecule has 0 saturated heterocycles. The molecule has 0 spiro atoms. The van der Waals surface area contributed by atoms with Gasteiger partial charge in [-0.25, -0.2) is 8.78 Å². The van der Waals surface area contributed by atoms with E-state index in [0.29, 0.717) is 0 Å². The Morgan fingerprint density at radius 1 is 0.952 bits per heavy atom. The van der Waals surface area contributed by atoms with Gasteiger partial charge in [0.15, 0.2) is 0 Å². The van der Waals surface area contributed by atoms with Crippen LogP contribution in [0.25, 0.3) is 0 Å². The lowest BCUT2D eigenvalue weighted by molar-refractivity contribution is 0.415. The Labute approximate surface area is 125 Å². The minimum absolute atomic E-state index is 0.115. The van der Waals surface area contributed by atoms with E-state index in [1.54, 1.807) is 6.92 Å². The van der Waals surface area contributed by atoms with Crippen LogP contribution in [0.4, 0.5) is 8.78 Å². The van der Waals surface area contributed by atoms with Crippen molar-refractivity contribution in [2.75, 3.05) is 0 Å². The number of hydrogen-bond donors (Lipinski definition) is 1. The van der Waals surface area contributed by atoms with Crippen molar-refractivity contribution >= 4 is 0 Å². The van der Waals surface area contributed by atoms with E-state index in [2.05, 4.69) is 24.4 Å². The summed E-state index contributed by atoms with van der Waals surface area (Å²) in [6, 6.07) is 13.9. The molecule has 0 aromatic heterocycles. The molecule has 0 bridgehead atoms. The van der Waals surface area contributed by atoms with E-state index in [9.17, 15) is 8.78 Å². The Bertz CT molecular complexity index is 548. The topological polar surface area (TPSA) is 12.0 Å². The largest absolute Gasteiger partial charge is 0.307 e. The molecule has 0 amide bonds. The fourth-order valence-electron chi connectivity index (χ4n) is 2.58. The average molecular weight is 289 g/mol. The number of benzene rings is 2. The first-order valence-corrected chi connectivity index (χ1v) is 7.35. The molecular weight excluding hydrogens is 268 g/mol. The Kier molecular flexibility index (Phi) is 5.45. The van der Waals surface area contributed by atoms with Crippen molar-refractivity contribution in [2.45, 2.75) is 38.8 Å². The Balaban J connectivity index is 2.08. The van der Waals surface area contributed by atoms with Gasteiger partial charge >= 0.3 is 0 Å². The van der Waals surface area contributed by atoms with Crippen LogP contribution in [0.15, 0.2) is 48.5 Å². The van der Waals surface area contributed by atoms with Gasteiger partial charge in [-0.3, -0.25) is 0 Å². The van der Waals surface area contributed by atoms with Crippen LogP contribution in [-0.2, 0) is 6.42 Å². The fraction of sp³-hybridized carbons (Fsp3) is 0.333. The van der Waals surface area contributed by atoms with Gasteiger partial charge < -0.3 is 5.32 Å². The van der Waals surface area contributed by atoms with Gasteiger partial charge in [0.2, 0.25) is 0 Å². The maximum absolute atomic E-state index is 13.8. The maximum atomic E-state index is 13.8. The minimum atomic E-state index is -0.496. The molecule has 2 rings (SSSR count). The highest BCUT2D eigenvalue weighted by atomic mass is 19.1. The van der Waals surface area contributed by atoms with Crippen molar-refractivity contribution in [2.24, 2.45) is 0 Å². The SMILES string of the molecule is CCC(Cc1ccccc1)NC(C)c1c(F)cccc1F. The van der Waals surface area contributed by atoms with E-state index in [-0.39, 0.29) is 17.6 Å². The van der Waals surface area contributed by atoms with Crippen LogP contribution < -0.4 is 5.32 Å². The first-order chi connectivity index (χ1) is 10.1. The van der Waals surface area contributed by atoms with Crippen LogP contribution >= 0.6 is 0 Å². The second-order valence-corrected chi connectivity index (χ2v) is 5.32. The maximum Gasteiger partial charge on any atom is 0.130 e. The summed E-state index contributed by atoms with van der Waals surface area (Å²) in [5.74, 6) is -0.992. The van der Waals surface area contributed by atoms with Gasteiger partial charge in [-0.05, 0) is 37.5 Å². The zero-order chi connectivity index (χ0) is 15.2. The van der Waals surface area contributed by atoms with Gasteiger partial charge in [0.1, 0.15) is 11.6 Å². The van der Waals surface area contributed by atoms with Gasteiger partial charge in [-0.1, -0.05) is 43.3 Å². The first-order valence-electron chi connectivity index (χ1n) is 7.35. The third-order valence-electron chi connectivity index (χ3n) is 3.74. The summed E-state index contributed by atoms with van der Waals surface area (Å²) >= 11 is 0. The summed E-state index contributed by atoms with van der Waals surface area (Å²) in [4.78, 5) is 0. The predicted octanol–water partition coefficient (Wildman–Crippen LogP) is 4.64. The first kappa shape index (κ1) is 15.6. The molecule has 2 aromatic rings. The Morgan fingerprint density at radius 3 is 2.14 bits per heavy atom. The molecule has 0 heterocycles. The summed E-state index contributed by atoms with van der Waals surface area (Å²) in [7, 11) is 0. The number of halogens is 2. The van der Waals surface area contributed by atoms with Gasteiger partial charge in [-0.2, -0.15) is 0 Å². The molecule has 0 radical (unpaired) electrons. The summed E-state index contributed by atoms with van der Waals surface area (Å²) in [5, 5.41) is 3.33. The third kappa shape index (κ3) is 4.11. The van der Waals surface area contributed by atoms with Crippen molar-refractivity contribution in [3.05, 3.63) is 71.3 Å². The third-order valence-corrected chi connectivity index (χ3v) is 3.74. The summed E-state index contributed by atoms with van der Waals surface area (Å²) < 4.78 is 27.6. The van der Waals surface area contributed by atoms with Crippen LogP contribution in [0.1, 0.15) is 37.4 Å². The van der Waals surface area contributed by atoms with Crippen molar-refractivity contribution < 1.29 is 8.78 Å². The summed E-state index contributed by atoms with van der Waals surface area (Å²) in [6.07, 6.45) is 1.74. The monoisotopic (exact) mass is 289 g/mol. The van der Waals surface area contributed by atoms with Gasteiger partial charge in [0.25, 0.3) is 0 Å². The van der Waals surface area contributed by atoms with Gasteiger partial charge in [-0.15, -0.1) is 0 Å². The highest BCUT2D eigenvalue weighted by Crippen LogP contribution is 2.21. The van der Waals surface area contributed by atoms with Crippen LogP contribution in [0.3, 0.4) is 0 Å². The molecular formula is C18H21F2N. The summed E-state index contributed by atoms with van der Waals surface area (Å²) in [5.41, 5.74) is 1.34. The quantitative estimate of drug-likeness (QED) is 0.817. The lowest BCUT2D eigenvalue weighted by Crippen LogP contribution is -2.33. The second-order valence-electron chi connectivity index (χ2n) is 5.32. The highest BCUT2D eigenvalue weighted by Gasteiger charge is 2.18. The second kappa shape index (κ2) is 7.32. The van der Waals surface area contributed by atoms with Crippen LogP contribution in [0, 0.1) is 11.6 Å². The normalized spacial score (nSPS) is 13.9. The molecule has 0 aliphatic heterocycles. The molecule has 112 valence electrons. The Hall–Kier alpha value is -1.74. The van der Waals surface area contributed by atoms with Gasteiger partial charge in [0.05, 0.1) is 0 Å². The number of hydrogen-bond acceptors (Lipinski definition) is 1. The molecule has 0 aliphatic carbocycles. The fourth-order valence-corrected chi connectivity index (χ4v) is 2.58. The van der Waals surface area contributed by atoms with E-state index in [1.165, 1.54) is 23.8 Å². The van der Waals surface area contributed by atoms with Crippen LogP contribution in [-0.4, -0.2) is 6.04 Å². The average Bonchev–Trinajstić information content (AvgIpc) is 2.47. The van der Waals surface area contributed by atoms with Crippen molar-refractivity contribution in [1.82, 2.24) is 5.32 Å². The van der Waals surface area contributed by atoms with Crippen LogP contribution in [0.5, 0.6) is 0 Å². The van der Waals surface area contributed by atoms with E-state index in [0.717, 1.165) is 12.8 Å². The molecule has 3 heteroatoms. The standard InChI is InChI=1S/C18H21F2N/c1-3-15(12-14-8-5-4-6-9-14)21-13(2)18-16(19)10-7-11-17(18)20/h4-11,13,15,21H,3,12H2,1-2H3. The zero-order valence-corrected chi connectivity index (χ0v) is 12.4. The molecule has 2 unspecified atom stereocenters. The van der Waals surface area contributed by atoms with Crippen molar-refractivity contribution in [3.63, 3.8) is 0 Å². The smallest absolute Gasteiger partial charge is 0.130 e. The molecule has 1 N–H and O–H groups in total. The summed E-state index contributed by atoms with van der Waals surface area (Å²) in [6.45, 7) is 3.88. The Morgan fingerprint density at radius 2 is 1.57 bits per heavy atom. The lowest BCUT2D eigenvalue weighted by atomic mass is 10.0. The van der Waals surface area contributed by atoms with E-state index in [4.69, 9.17) is 0 Å². The number of nitrogens with one attached hydrogen (secondary N) is 1. The van der Waals surface area contributed by atoms with E-state index < -0.39 is 11.6 Å². The molecule has 21 heavy (non-hydrogen) atoms. The molecule has 2 atom stereocenters. The number of rotatable bonds is 6. The van der Waals surface area contributed by atoms with Crippen molar-refractivity contribution in [1.29, 1.82) is 0 Å². The lowest BCUT2D eigenvalue weighted by Gasteiger charge is -2.23. The van der Waals surface area contributed by atoms with Crippen LogP contribution in [0.2, 0.25) is 0 Å². The van der Waals surface area contributed by atoms with E-state index in [1.807, 2.05) is 18.2 Å².